The molecule has 4 fully saturated rings. The van der Waals surface area contributed by atoms with Crippen molar-refractivity contribution in [2.45, 2.75) is 172 Å². The molecule has 4 rings (SSSR count). The Kier molecular flexibility index (Phi) is 13.4. The normalized spacial score (nSPS) is 51.5. The average Bonchev–Trinajstić information content (AvgIpc) is 3.07. The van der Waals surface area contributed by atoms with Crippen LogP contribution in [0.25, 0.3) is 0 Å². The van der Waals surface area contributed by atoms with Gasteiger partial charge in [0.25, 0.3) is 5.97 Å². The second-order valence-electron chi connectivity index (χ2n) is 16.8. The molecular formula is C37H65NO14. The van der Waals surface area contributed by atoms with Crippen molar-refractivity contribution >= 4 is 11.8 Å². The highest BCUT2D eigenvalue weighted by atomic mass is 16.9. The SMILES string of the molecule is CC[C@H]1OC(=O)[C@@H]2CO[C@@]3(C[C@@](C)(OC)[C@@H](O)[C@H](C)O3)O[C@H]2[C@H](C)C(O[C@@H]2O[C@H](C)C[C@H](N(C)C)[C@H]2O)[C@](C)(O)C[C@@H](C)C(=O)[C@H](C)[C@@H](O)[C@]1(C)O. The Labute approximate surface area is 308 Å². The first-order valence-electron chi connectivity index (χ1n) is 18.7. The number of rotatable bonds is 5. The predicted octanol–water partition coefficient (Wildman–Crippen LogP) is 1.12. The molecule has 52 heavy (non-hydrogen) atoms. The van der Waals surface area contributed by atoms with Crippen molar-refractivity contribution in [3.8, 4) is 0 Å². The van der Waals surface area contributed by atoms with Crippen molar-refractivity contribution in [3.63, 3.8) is 0 Å². The van der Waals surface area contributed by atoms with Gasteiger partial charge in [0.15, 0.2) is 6.29 Å². The molecule has 0 aromatic heterocycles. The van der Waals surface area contributed by atoms with Crippen LogP contribution in [0.4, 0.5) is 0 Å². The Hall–Kier alpha value is -1.34. The summed E-state index contributed by atoms with van der Waals surface area (Å²) in [7, 11) is 5.14. The molecule has 0 aliphatic carbocycles. The molecule has 0 aromatic rings. The number of esters is 1. The number of carbonyl (C=O) groups excluding carboxylic acids is 2. The van der Waals surface area contributed by atoms with Crippen LogP contribution in [0.15, 0.2) is 0 Å². The third kappa shape index (κ3) is 8.41. The van der Waals surface area contributed by atoms with Crippen molar-refractivity contribution < 1.29 is 68.3 Å². The lowest BCUT2D eigenvalue weighted by Gasteiger charge is -2.55. The zero-order chi connectivity index (χ0) is 39.3. The molecule has 0 amide bonds. The maximum atomic E-state index is 14.2. The molecule has 4 aliphatic rings. The summed E-state index contributed by atoms with van der Waals surface area (Å²) in [5.41, 5.74) is -5.03. The van der Waals surface area contributed by atoms with Crippen LogP contribution in [0.2, 0.25) is 0 Å². The fourth-order valence-corrected chi connectivity index (χ4v) is 8.87. The van der Waals surface area contributed by atoms with Crippen LogP contribution in [0.3, 0.4) is 0 Å². The number of fused-ring (bicyclic) bond motifs is 1. The van der Waals surface area contributed by atoms with Gasteiger partial charge >= 0.3 is 5.97 Å². The summed E-state index contributed by atoms with van der Waals surface area (Å²) in [5.74, 6) is -7.05. The second kappa shape index (κ2) is 16.0. The number of carbonyl (C=O) groups is 2. The lowest BCUT2D eigenvalue weighted by molar-refractivity contribution is -0.474. The summed E-state index contributed by atoms with van der Waals surface area (Å²) in [6.07, 6.45) is -9.39. The minimum absolute atomic E-state index is 0.0939. The molecule has 0 saturated carbocycles. The van der Waals surface area contributed by atoms with Crippen LogP contribution in [0.5, 0.6) is 0 Å². The van der Waals surface area contributed by atoms with Crippen LogP contribution in [-0.2, 0) is 42.7 Å². The fraction of sp³-hybridized carbons (Fsp3) is 0.946. The van der Waals surface area contributed by atoms with Crippen molar-refractivity contribution in [1.29, 1.82) is 0 Å². The van der Waals surface area contributed by atoms with Crippen LogP contribution >= 0.6 is 0 Å². The molecule has 4 heterocycles. The van der Waals surface area contributed by atoms with E-state index < -0.39 is 107 Å². The molecular weight excluding hydrogens is 682 g/mol. The summed E-state index contributed by atoms with van der Waals surface area (Å²) < 4.78 is 43.5. The molecule has 5 N–H and O–H groups in total. The van der Waals surface area contributed by atoms with Gasteiger partial charge in [-0.2, -0.15) is 0 Å². The summed E-state index contributed by atoms with van der Waals surface area (Å²) in [5, 5.41) is 57.9. The number of nitrogens with zero attached hydrogens (tertiary/aromatic N) is 1. The van der Waals surface area contributed by atoms with Crippen LogP contribution in [0, 0.1) is 23.7 Å². The fourth-order valence-electron chi connectivity index (χ4n) is 8.87. The van der Waals surface area contributed by atoms with Crippen molar-refractivity contribution in [1.82, 2.24) is 4.90 Å². The Balaban J connectivity index is 1.86. The minimum Gasteiger partial charge on any atom is -0.459 e. The Morgan fingerprint density at radius 3 is 2.17 bits per heavy atom. The van der Waals surface area contributed by atoms with Crippen molar-refractivity contribution in [3.05, 3.63) is 0 Å². The van der Waals surface area contributed by atoms with Crippen LogP contribution in [-0.4, -0.2) is 154 Å². The molecule has 0 aromatic carbocycles. The Morgan fingerprint density at radius 2 is 1.60 bits per heavy atom. The number of ether oxygens (including phenoxy) is 7. The van der Waals surface area contributed by atoms with Gasteiger partial charge in [-0.1, -0.05) is 27.7 Å². The van der Waals surface area contributed by atoms with Gasteiger partial charge in [0.05, 0.1) is 49.1 Å². The number of likely N-dealkylation sites (N-methyl/N-ethyl adjacent to an activating group) is 1. The van der Waals surface area contributed by atoms with E-state index in [9.17, 15) is 35.1 Å². The van der Waals surface area contributed by atoms with Crippen molar-refractivity contribution in [2.24, 2.45) is 23.7 Å². The first kappa shape index (κ1) is 43.4. The van der Waals surface area contributed by atoms with E-state index >= 15 is 0 Å². The molecule has 0 radical (unpaired) electrons. The van der Waals surface area contributed by atoms with Gasteiger partial charge in [0, 0.05) is 30.9 Å². The Morgan fingerprint density at radius 1 is 0.962 bits per heavy atom. The lowest BCUT2D eigenvalue weighted by Crippen LogP contribution is -2.67. The number of cyclic esters (lactones) is 1. The largest absolute Gasteiger partial charge is 0.459 e. The monoisotopic (exact) mass is 747 g/mol. The van der Waals surface area contributed by atoms with E-state index in [1.54, 1.807) is 34.6 Å². The summed E-state index contributed by atoms with van der Waals surface area (Å²) in [6.45, 7) is 14.3. The van der Waals surface area contributed by atoms with E-state index in [-0.39, 0.29) is 38.0 Å². The average molecular weight is 748 g/mol. The van der Waals surface area contributed by atoms with Gasteiger partial charge in [-0.15, -0.1) is 0 Å². The highest BCUT2D eigenvalue weighted by Gasteiger charge is 2.61. The number of Topliss-reactive ketones (excluding diaryl/α,β-unsaturated/α-hetero) is 1. The number of methoxy groups -OCH3 is 1. The first-order chi connectivity index (χ1) is 23.9. The summed E-state index contributed by atoms with van der Waals surface area (Å²) in [6, 6.07) is -0.338. The van der Waals surface area contributed by atoms with E-state index in [1.807, 2.05) is 25.9 Å². The molecule has 15 heteroatoms. The van der Waals surface area contributed by atoms with Gasteiger partial charge in [-0.3, -0.25) is 9.59 Å². The topological polar surface area (TPSA) is 203 Å². The highest BCUT2D eigenvalue weighted by Crippen LogP contribution is 2.47. The van der Waals surface area contributed by atoms with Crippen LogP contribution < -0.4 is 0 Å². The zero-order valence-corrected chi connectivity index (χ0v) is 33.0. The standard InChI is InChI=1S/C37H65NO14/c1-13-25-36(9,45)29(41)20(4)26(39)18(2)15-34(7,44)31(50-33-27(40)24(38(10)11)14-19(3)48-33)21(5)28-23(32(43)49-25)16-47-37(52-28)17-35(8,46-12)30(42)22(6)51-37/h18-25,27-31,33,40-42,44-45H,13-17H2,1-12H3/t18-,19-,20+,21+,22+,23-,24+,25-,27-,28+,29-,30+,31?,33+,34-,35-,36-,37-/m1/s1. The molecule has 4 aliphatic heterocycles. The zero-order valence-electron chi connectivity index (χ0n) is 33.0. The van der Waals surface area contributed by atoms with E-state index in [4.69, 9.17) is 33.2 Å². The second-order valence-corrected chi connectivity index (χ2v) is 16.8. The molecule has 15 nitrogen and oxygen atoms in total. The molecule has 302 valence electrons. The first-order valence-corrected chi connectivity index (χ1v) is 18.7. The van der Waals surface area contributed by atoms with E-state index in [0.717, 1.165) is 0 Å². The molecule has 4 saturated heterocycles. The maximum absolute atomic E-state index is 14.2. The molecule has 0 bridgehead atoms. The number of ketones is 1. The minimum atomic E-state index is -2.03. The number of hydrogen-bond acceptors (Lipinski definition) is 15. The molecule has 1 spiro atoms. The van der Waals surface area contributed by atoms with Gasteiger partial charge < -0.3 is 63.6 Å². The van der Waals surface area contributed by atoms with Gasteiger partial charge in [-0.05, 0) is 68.0 Å². The Bertz CT molecular complexity index is 1250. The van der Waals surface area contributed by atoms with Crippen molar-refractivity contribution in [2.75, 3.05) is 27.8 Å². The van der Waals surface area contributed by atoms with E-state index in [2.05, 4.69) is 0 Å². The summed E-state index contributed by atoms with van der Waals surface area (Å²) in [4.78, 5) is 30.0. The van der Waals surface area contributed by atoms with Gasteiger partial charge in [0.1, 0.15) is 41.2 Å². The van der Waals surface area contributed by atoms with E-state index in [0.29, 0.717) is 6.42 Å². The summed E-state index contributed by atoms with van der Waals surface area (Å²) >= 11 is 0. The van der Waals surface area contributed by atoms with Gasteiger partial charge in [-0.25, -0.2) is 0 Å². The smallest absolute Gasteiger partial charge is 0.314 e. The third-order valence-corrected chi connectivity index (χ3v) is 12.1. The third-order valence-electron chi connectivity index (χ3n) is 12.1. The maximum Gasteiger partial charge on any atom is 0.314 e. The predicted molar refractivity (Wildman–Crippen MR) is 185 cm³/mol. The number of aliphatic hydroxyl groups is 5. The highest BCUT2D eigenvalue weighted by molar-refractivity contribution is 5.83. The quantitative estimate of drug-likeness (QED) is 0.250. The molecule has 18 atom stereocenters. The van der Waals surface area contributed by atoms with E-state index in [1.165, 1.54) is 27.9 Å². The van der Waals surface area contributed by atoms with Crippen LogP contribution in [0.1, 0.15) is 88.0 Å². The number of aliphatic hydroxyl groups excluding tert-OH is 3. The lowest BCUT2D eigenvalue weighted by atomic mass is 9.73. The number of hydrogen-bond donors (Lipinski definition) is 5. The molecule has 1 unspecified atom stereocenters. The van der Waals surface area contributed by atoms with Gasteiger partial charge in [0.2, 0.25) is 0 Å².